The van der Waals surface area contributed by atoms with E-state index in [0.717, 1.165) is 0 Å². The van der Waals surface area contributed by atoms with Crippen LogP contribution in [0.25, 0.3) is 0 Å². The van der Waals surface area contributed by atoms with E-state index in [1.54, 1.807) is 24.5 Å². The standard InChI is InChI=1S/C14H19N3O2/c1-11(2)9-13(19-3)14(18)17(8-6-15)12-5-4-7-16-10-12/h4-5,7,10-11,13H,8-9H2,1-3H3. The van der Waals surface area contributed by atoms with Gasteiger partial charge in [-0.1, -0.05) is 13.8 Å². The number of ether oxygens (including phenoxy) is 1. The molecule has 0 aliphatic carbocycles. The molecule has 5 heteroatoms. The third kappa shape index (κ3) is 4.34. The van der Waals surface area contributed by atoms with Gasteiger partial charge in [-0.2, -0.15) is 5.26 Å². The Morgan fingerprint density at radius 1 is 1.58 bits per heavy atom. The molecule has 19 heavy (non-hydrogen) atoms. The molecule has 1 aromatic heterocycles. The highest BCUT2D eigenvalue weighted by molar-refractivity contribution is 5.96. The van der Waals surface area contributed by atoms with Gasteiger partial charge in [-0.3, -0.25) is 14.7 Å². The maximum Gasteiger partial charge on any atom is 0.257 e. The van der Waals surface area contributed by atoms with E-state index in [1.807, 2.05) is 19.9 Å². The van der Waals surface area contributed by atoms with Crippen molar-refractivity contribution in [3.05, 3.63) is 24.5 Å². The average molecular weight is 261 g/mol. The van der Waals surface area contributed by atoms with E-state index in [2.05, 4.69) is 4.98 Å². The summed E-state index contributed by atoms with van der Waals surface area (Å²) in [7, 11) is 1.51. The average Bonchev–Trinajstić information content (AvgIpc) is 2.42. The van der Waals surface area contributed by atoms with Gasteiger partial charge in [0.25, 0.3) is 5.91 Å². The summed E-state index contributed by atoms with van der Waals surface area (Å²) in [6, 6.07) is 5.49. The maximum atomic E-state index is 12.4. The number of aromatic nitrogens is 1. The second kappa shape index (κ2) is 7.49. The minimum Gasteiger partial charge on any atom is -0.372 e. The first-order valence-corrected chi connectivity index (χ1v) is 6.21. The molecule has 5 nitrogen and oxygen atoms in total. The quantitative estimate of drug-likeness (QED) is 0.735. The Kier molecular flexibility index (Phi) is 5.97. The predicted molar refractivity (Wildman–Crippen MR) is 72.5 cm³/mol. The minimum atomic E-state index is -0.534. The van der Waals surface area contributed by atoms with Crippen molar-refractivity contribution in [1.82, 2.24) is 4.98 Å². The van der Waals surface area contributed by atoms with Crippen molar-refractivity contribution in [2.45, 2.75) is 26.4 Å². The van der Waals surface area contributed by atoms with Crippen LogP contribution in [-0.2, 0) is 9.53 Å². The maximum absolute atomic E-state index is 12.4. The smallest absolute Gasteiger partial charge is 0.257 e. The number of nitriles is 1. The molecule has 102 valence electrons. The lowest BCUT2D eigenvalue weighted by Gasteiger charge is -2.25. The van der Waals surface area contributed by atoms with Crippen molar-refractivity contribution in [3.8, 4) is 6.07 Å². The molecule has 0 bridgehead atoms. The lowest BCUT2D eigenvalue weighted by atomic mass is 10.0. The van der Waals surface area contributed by atoms with Crippen molar-refractivity contribution in [3.63, 3.8) is 0 Å². The SMILES string of the molecule is COC(CC(C)C)C(=O)N(CC#N)c1cccnc1. The van der Waals surface area contributed by atoms with Gasteiger partial charge in [-0.25, -0.2) is 0 Å². The van der Waals surface area contributed by atoms with Crippen molar-refractivity contribution in [2.75, 3.05) is 18.6 Å². The molecule has 0 spiro atoms. The lowest BCUT2D eigenvalue weighted by Crippen LogP contribution is -2.41. The zero-order chi connectivity index (χ0) is 14.3. The molecule has 1 heterocycles. The summed E-state index contributed by atoms with van der Waals surface area (Å²) in [6.07, 6.45) is 3.28. The highest BCUT2D eigenvalue weighted by atomic mass is 16.5. The molecule has 1 aromatic rings. The normalized spacial score (nSPS) is 11.9. The molecule has 1 unspecified atom stereocenters. The Bertz CT molecular complexity index is 440. The van der Waals surface area contributed by atoms with Gasteiger partial charge >= 0.3 is 0 Å². The summed E-state index contributed by atoms with van der Waals surface area (Å²) in [5.41, 5.74) is 0.611. The largest absolute Gasteiger partial charge is 0.372 e. The third-order valence-electron chi connectivity index (χ3n) is 2.70. The lowest BCUT2D eigenvalue weighted by molar-refractivity contribution is -0.129. The van der Waals surface area contributed by atoms with Crippen LogP contribution in [-0.4, -0.2) is 30.6 Å². The number of rotatable bonds is 6. The molecule has 0 aliphatic rings. The van der Waals surface area contributed by atoms with Crippen LogP contribution in [0.3, 0.4) is 0 Å². The summed E-state index contributed by atoms with van der Waals surface area (Å²) in [5.74, 6) is 0.137. The van der Waals surface area contributed by atoms with Crippen LogP contribution in [0.2, 0.25) is 0 Å². The third-order valence-corrected chi connectivity index (χ3v) is 2.70. The molecular weight excluding hydrogens is 242 g/mol. The van der Waals surface area contributed by atoms with Crippen LogP contribution in [0.5, 0.6) is 0 Å². The van der Waals surface area contributed by atoms with Crippen molar-refractivity contribution in [1.29, 1.82) is 5.26 Å². The first-order chi connectivity index (χ1) is 9.10. The molecule has 1 rings (SSSR count). The molecule has 0 aliphatic heterocycles. The molecule has 1 atom stereocenters. The Balaban J connectivity index is 2.93. The van der Waals surface area contributed by atoms with Gasteiger partial charge in [-0.15, -0.1) is 0 Å². The van der Waals surface area contributed by atoms with E-state index in [9.17, 15) is 4.79 Å². The predicted octanol–water partition coefficient (Wildman–Crippen LogP) is 2.00. The number of carbonyl (C=O) groups is 1. The Hall–Kier alpha value is -1.93. The van der Waals surface area contributed by atoms with E-state index in [-0.39, 0.29) is 12.5 Å². The molecule has 0 saturated heterocycles. The number of hydrogen-bond donors (Lipinski definition) is 0. The van der Waals surface area contributed by atoms with Gasteiger partial charge in [0.1, 0.15) is 12.6 Å². The zero-order valence-electron chi connectivity index (χ0n) is 11.5. The fourth-order valence-electron chi connectivity index (χ4n) is 1.78. The highest BCUT2D eigenvalue weighted by Gasteiger charge is 2.26. The number of pyridine rings is 1. The van der Waals surface area contributed by atoms with Crippen molar-refractivity contribution in [2.24, 2.45) is 5.92 Å². The summed E-state index contributed by atoms with van der Waals surface area (Å²) in [5, 5.41) is 8.88. The number of nitrogens with zero attached hydrogens (tertiary/aromatic N) is 3. The van der Waals surface area contributed by atoms with Crippen LogP contribution < -0.4 is 4.90 Å². The summed E-state index contributed by atoms with van der Waals surface area (Å²) < 4.78 is 5.25. The van der Waals surface area contributed by atoms with Crippen LogP contribution in [0.15, 0.2) is 24.5 Å². The van der Waals surface area contributed by atoms with E-state index < -0.39 is 6.10 Å². The summed E-state index contributed by atoms with van der Waals surface area (Å²) >= 11 is 0. The number of carbonyl (C=O) groups excluding carboxylic acids is 1. The first-order valence-electron chi connectivity index (χ1n) is 6.21. The van der Waals surface area contributed by atoms with E-state index in [1.165, 1.54) is 12.0 Å². The number of hydrogen-bond acceptors (Lipinski definition) is 4. The zero-order valence-corrected chi connectivity index (χ0v) is 11.5. The highest BCUT2D eigenvalue weighted by Crippen LogP contribution is 2.17. The van der Waals surface area contributed by atoms with Gasteiger partial charge in [0.15, 0.2) is 0 Å². The monoisotopic (exact) mass is 261 g/mol. The Morgan fingerprint density at radius 3 is 2.79 bits per heavy atom. The topological polar surface area (TPSA) is 66.2 Å². The van der Waals surface area contributed by atoms with E-state index in [4.69, 9.17) is 10.00 Å². The molecule has 1 amide bonds. The molecule has 0 saturated carbocycles. The van der Waals surface area contributed by atoms with E-state index >= 15 is 0 Å². The van der Waals surface area contributed by atoms with Crippen LogP contribution in [0, 0.1) is 17.2 Å². The van der Waals surface area contributed by atoms with Gasteiger partial charge in [0, 0.05) is 13.3 Å². The second-order valence-corrected chi connectivity index (χ2v) is 4.65. The fraction of sp³-hybridized carbons (Fsp3) is 0.500. The first kappa shape index (κ1) is 15.1. The van der Waals surface area contributed by atoms with Gasteiger partial charge in [0.2, 0.25) is 0 Å². The van der Waals surface area contributed by atoms with Gasteiger partial charge in [-0.05, 0) is 24.5 Å². The van der Waals surface area contributed by atoms with Crippen LogP contribution in [0.1, 0.15) is 20.3 Å². The molecule has 0 radical (unpaired) electrons. The number of amides is 1. The number of methoxy groups -OCH3 is 1. The molecule has 0 fully saturated rings. The Labute approximate surface area is 113 Å². The fourth-order valence-corrected chi connectivity index (χ4v) is 1.78. The number of anilines is 1. The van der Waals surface area contributed by atoms with E-state index in [0.29, 0.717) is 18.0 Å². The molecule has 0 N–H and O–H groups in total. The summed E-state index contributed by atoms with van der Waals surface area (Å²) in [4.78, 5) is 17.8. The van der Waals surface area contributed by atoms with Crippen molar-refractivity contribution >= 4 is 11.6 Å². The van der Waals surface area contributed by atoms with Crippen LogP contribution in [0.4, 0.5) is 5.69 Å². The molecular formula is C14H19N3O2. The van der Waals surface area contributed by atoms with Gasteiger partial charge in [0.05, 0.1) is 18.0 Å². The van der Waals surface area contributed by atoms with Gasteiger partial charge < -0.3 is 4.74 Å². The molecule has 0 aromatic carbocycles. The van der Waals surface area contributed by atoms with Crippen molar-refractivity contribution < 1.29 is 9.53 Å². The minimum absolute atomic E-state index is 0.0114. The summed E-state index contributed by atoms with van der Waals surface area (Å²) in [6.45, 7) is 4.04. The van der Waals surface area contributed by atoms with Crippen LogP contribution >= 0.6 is 0 Å². The second-order valence-electron chi connectivity index (χ2n) is 4.65. The Morgan fingerprint density at radius 2 is 2.32 bits per heavy atom.